The van der Waals surface area contributed by atoms with Crippen molar-refractivity contribution in [3.8, 4) is 11.4 Å². The van der Waals surface area contributed by atoms with E-state index in [-0.39, 0.29) is 17.4 Å². The van der Waals surface area contributed by atoms with Gasteiger partial charge in [-0.3, -0.25) is 19.4 Å². The Hall–Kier alpha value is -2.24. The Labute approximate surface area is 136 Å². The fraction of sp³-hybridized carbons (Fsp3) is 0.529. The van der Waals surface area contributed by atoms with Gasteiger partial charge in [0.15, 0.2) is 0 Å². The topological polar surface area (TPSA) is 63.9 Å². The van der Waals surface area contributed by atoms with Gasteiger partial charge in [0.2, 0.25) is 5.91 Å². The number of aromatic nitrogens is 4. The molecule has 1 aliphatic rings. The third-order valence-corrected chi connectivity index (χ3v) is 4.25. The third-order valence-electron chi connectivity index (χ3n) is 4.25. The summed E-state index contributed by atoms with van der Waals surface area (Å²) in [5.74, 6) is 0.178. The van der Waals surface area contributed by atoms with Gasteiger partial charge in [-0.05, 0) is 18.9 Å². The van der Waals surface area contributed by atoms with Crippen LogP contribution in [0.4, 0.5) is 0 Å². The van der Waals surface area contributed by atoms with Crippen LogP contribution in [-0.4, -0.2) is 37.1 Å². The molecule has 3 heterocycles. The Kier molecular flexibility index (Phi) is 3.92. The van der Waals surface area contributed by atoms with Crippen molar-refractivity contribution in [3.63, 3.8) is 0 Å². The van der Waals surface area contributed by atoms with Gasteiger partial charge in [-0.2, -0.15) is 5.10 Å². The standard InChI is InChI=1S/C17H23N5O/c1-17(2,3)16(23)22-9-5-6-15(22)13-11-18-12(10-19-13)14-7-8-20-21(14)4/h7-8,10-11,15H,5-6,9H2,1-4H3/t15-/m1/s1. The van der Waals surface area contributed by atoms with Gasteiger partial charge in [-0.1, -0.05) is 20.8 Å². The number of nitrogens with zero attached hydrogens (tertiary/aromatic N) is 5. The Balaban J connectivity index is 1.84. The van der Waals surface area contributed by atoms with Crippen molar-refractivity contribution in [2.45, 2.75) is 39.7 Å². The first kappa shape index (κ1) is 15.6. The molecule has 3 rings (SSSR count). The maximum absolute atomic E-state index is 12.6. The van der Waals surface area contributed by atoms with Crippen LogP contribution in [0.25, 0.3) is 11.4 Å². The lowest BCUT2D eigenvalue weighted by Crippen LogP contribution is -2.39. The second-order valence-electron chi connectivity index (χ2n) is 7.07. The number of hydrogen-bond acceptors (Lipinski definition) is 4. The molecule has 1 amide bonds. The smallest absolute Gasteiger partial charge is 0.228 e. The average molecular weight is 313 g/mol. The lowest BCUT2D eigenvalue weighted by atomic mass is 9.94. The molecule has 0 spiro atoms. The van der Waals surface area contributed by atoms with Crippen LogP contribution < -0.4 is 0 Å². The highest BCUT2D eigenvalue weighted by Crippen LogP contribution is 2.34. The van der Waals surface area contributed by atoms with E-state index in [0.717, 1.165) is 36.5 Å². The Morgan fingerprint density at radius 2 is 2.04 bits per heavy atom. The van der Waals surface area contributed by atoms with Crippen LogP contribution in [-0.2, 0) is 11.8 Å². The zero-order valence-corrected chi connectivity index (χ0v) is 14.2. The summed E-state index contributed by atoms with van der Waals surface area (Å²) in [6.07, 6.45) is 7.26. The highest BCUT2D eigenvalue weighted by Gasteiger charge is 2.36. The Bertz CT molecular complexity index is 699. The van der Waals surface area contributed by atoms with E-state index in [0.29, 0.717) is 0 Å². The van der Waals surface area contributed by atoms with E-state index in [9.17, 15) is 4.79 Å². The Morgan fingerprint density at radius 1 is 1.26 bits per heavy atom. The predicted molar refractivity (Wildman–Crippen MR) is 87.4 cm³/mol. The summed E-state index contributed by atoms with van der Waals surface area (Å²) >= 11 is 0. The van der Waals surface area contributed by atoms with Crippen LogP contribution in [0.5, 0.6) is 0 Å². The molecule has 0 aromatic carbocycles. The lowest BCUT2D eigenvalue weighted by Gasteiger charge is -2.30. The fourth-order valence-corrected chi connectivity index (χ4v) is 3.02. The van der Waals surface area contributed by atoms with Crippen molar-refractivity contribution < 1.29 is 4.79 Å². The van der Waals surface area contributed by atoms with Gasteiger partial charge < -0.3 is 4.90 Å². The third kappa shape index (κ3) is 2.98. The summed E-state index contributed by atoms with van der Waals surface area (Å²) in [7, 11) is 1.88. The molecule has 1 atom stereocenters. The zero-order chi connectivity index (χ0) is 16.6. The average Bonchev–Trinajstić information content (AvgIpc) is 3.14. The maximum Gasteiger partial charge on any atom is 0.228 e. The highest BCUT2D eigenvalue weighted by atomic mass is 16.2. The number of amides is 1. The van der Waals surface area contributed by atoms with Gasteiger partial charge in [0, 0.05) is 25.2 Å². The van der Waals surface area contributed by atoms with Gasteiger partial charge in [0.05, 0.1) is 29.8 Å². The van der Waals surface area contributed by atoms with E-state index >= 15 is 0 Å². The lowest BCUT2D eigenvalue weighted by molar-refractivity contribution is -0.140. The van der Waals surface area contributed by atoms with Gasteiger partial charge in [-0.15, -0.1) is 0 Å². The number of hydrogen-bond donors (Lipinski definition) is 0. The van der Waals surface area contributed by atoms with Crippen molar-refractivity contribution in [2.75, 3.05) is 6.54 Å². The van der Waals surface area contributed by atoms with Gasteiger partial charge >= 0.3 is 0 Å². The fourth-order valence-electron chi connectivity index (χ4n) is 3.02. The van der Waals surface area contributed by atoms with E-state index in [1.54, 1.807) is 23.3 Å². The number of rotatable bonds is 2. The minimum Gasteiger partial charge on any atom is -0.334 e. The minimum absolute atomic E-state index is 0.0369. The first-order valence-electron chi connectivity index (χ1n) is 7.99. The van der Waals surface area contributed by atoms with Crippen LogP contribution in [0, 0.1) is 5.41 Å². The molecule has 0 saturated carbocycles. The maximum atomic E-state index is 12.6. The van der Waals surface area contributed by atoms with Crippen LogP contribution in [0.2, 0.25) is 0 Å². The summed E-state index contributed by atoms with van der Waals surface area (Å²) in [6.45, 7) is 6.68. The van der Waals surface area contributed by atoms with Gasteiger partial charge in [-0.25, -0.2) is 0 Å². The molecule has 1 aliphatic heterocycles. The summed E-state index contributed by atoms with van der Waals surface area (Å²) < 4.78 is 1.77. The molecular formula is C17H23N5O. The Morgan fingerprint density at radius 3 is 2.61 bits per heavy atom. The van der Waals surface area contributed by atoms with Crippen molar-refractivity contribution in [2.24, 2.45) is 12.5 Å². The first-order valence-corrected chi connectivity index (χ1v) is 7.99. The van der Waals surface area contributed by atoms with Crippen LogP contribution in [0.3, 0.4) is 0 Å². The van der Waals surface area contributed by atoms with Crippen molar-refractivity contribution >= 4 is 5.91 Å². The van der Waals surface area contributed by atoms with Crippen molar-refractivity contribution in [1.82, 2.24) is 24.6 Å². The highest BCUT2D eigenvalue weighted by molar-refractivity contribution is 5.82. The quantitative estimate of drug-likeness (QED) is 0.855. The van der Waals surface area contributed by atoms with Gasteiger partial charge in [0.1, 0.15) is 5.69 Å². The summed E-state index contributed by atoms with van der Waals surface area (Å²) in [4.78, 5) is 23.7. The van der Waals surface area contributed by atoms with Crippen LogP contribution >= 0.6 is 0 Å². The second kappa shape index (κ2) is 5.76. The number of likely N-dealkylation sites (tertiary alicyclic amines) is 1. The number of carbonyl (C=O) groups is 1. The minimum atomic E-state index is -0.370. The molecular weight excluding hydrogens is 290 g/mol. The van der Waals surface area contributed by atoms with Gasteiger partial charge in [0.25, 0.3) is 0 Å². The van der Waals surface area contributed by atoms with Crippen molar-refractivity contribution in [1.29, 1.82) is 0 Å². The molecule has 1 saturated heterocycles. The number of aryl methyl sites for hydroxylation is 1. The summed E-state index contributed by atoms with van der Waals surface area (Å²) in [6, 6.07) is 1.95. The SMILES string of the molecule is Cn1nccc1-c1cnc([C@H]2CCCN2C(=O)C(C)(C)C)cn1. The predicted octanol–water partition coefficient (Wildman–Crippen LogP) is 2.59. The molecule has 2 aromatic heterocycles. The van der Waals surface area contributed by atoms with E-state index in [1.165, 1.54) is 0 Å². The molecule has 0 aliphatic carbocycles. The largest absolute Gasteiger partial charge is 0.334 e. The van der Waals surface area contributed by atoms with E-state index < -0.39 is 0 Å². The van der Waals surface area contributed by atoms with Crippen LogP contribution in [0.15, 0.2) is 24.7 Å². The van der Waals surface area contributed by atoms with Crippen molar-refractivity contribution in [3.05, 3.63) is 30.4 Å². The zero-order valence-electron chi connectivity index (χ0n) is 14.2. The molecule has 6 nitrogen and oxygen atoms in total. The molecule has 1 fully saturated rings. The van der Waals surface area contributed by atoms with E-state index in [1.807, 2.05) is 38.8 Å². The molecule has 23 heavy (non-hydrogen) atoms. The molecule has 0 unspecified atom stereocenters. The molecule has 2 aromatic rings. The molecule has 0 N–H and O–H groups in total. The van der Waals surface area contributed by atoms with E-state index in [4.69, 9.17) is 0 Å². The monoisotopic (exact) mass is 313 g/mol. The first-order chi connectivity index (χ1) is 10.9. The molecule has 0 bridgehead atoms. The van der Waals surface area contributed by atoms with Crippen LogP contribution in [0.1, 0.15) is 45.3 Å². The second-order valence-corrected chi connectivity index (χ2v) is 7.07. The van der Waals surface area contributed by atoms with E-state index in [2.05, 4.69) is 15.1 Å². The molecule has 122 valence electrons. The normalized spacial score (nSPS) is 18.4. The molecule has 0 radical (unpaired) electrons. The number of carbonyl (C=O) groups excluding carboxylic acids is 1. The summed E-state index contributed by atoms with van der Waals surface area (Å²) in [5.41, 5.74) is 2.22. The summed E-state index contributed by atoms with van der Waals surface area (Å²) in [5, 5.41) is 4.15. The molecule has 6 heteroatoms.